The van der Waals surface area contributed by atoms with E-state index < -0.39 is 0 Å². The molecular weight excluding hydrogens is 410 g/mol. The highest BCUT2D eigenvalue weighted by Crippen LogP contribution is 2.29. The highest BCUT2D eigenvalue weighted by atomic mass is 32.1. The third-order valence-corrected chi connectivity index (χ3v) is 7.91. The number of hydrogen-bond acceptors (Lipinski definition) is 5. The molecule has 8 heteroatoms. The van der Waals surface area contributed by atoms with E-state index in [1.807, 2.05) is 18.4 Å². The number of guanidine groups is 1. The van der Waals surface area contributed by atoms with Gasteiger partial charge in [-0.3, -0.25) is 14.7 Å². The number of likely N-dealkylation sites (tertiary alicyclic amines) is 1. The molecule has 4 rings (SSSR count). The minimum atomic E-state index is 0.264. The summed E-state index contributed by atoms with van der Waals surface area (Å²) in [6, 6.07) is 5.03. The minimum Gasteiger partial charge on any atom is -0.379 e. The van der Waals surface area contributed by atoms with Gasteiger partial charge < -0.3 is 20.3 Å². The smallest absolute Gasteiger partial charge is 0.225 e. The summed E-state index contributed by atoms with van der Waals surface area (Å²) in [5.41, 5.74) is 0. The molecule has 3 aliphatic rings. The summed E-state index contributed by atoms with van der Waals surface area (Å²) < 4.78 is 5.57. The van der Waals surface area contributed by atoms with Gasteiger partial charge in [0.2, 0.25) is 5.91 Å². The Hall–Kier alpha value is -1.64. The predicted octanol–water partition coefficient (Wildman–Crippen LogP) is 2.39. The van der Waals surface area contributed by atoms with E-state index in [0.717, 1.165) is 71.2 Å². The summed E-state index contributed by atoms with van der Waals surface area (Å²) >= 11 is 1.87. The molecule has 2 unspecified atom stereocenters. The summed E-state index contributed by atoms with van der Waals surface area (Å²) in [4.78, 5) is 24.5. The molecule has 2 aliphatic heterocycles. The third kappa shape index (κ3) is 5.79. The molecule has 1 amide bonds. The van der Waals surface area contributed by atoms with Gasteiger partial charge in [0.1, 0.15) is 0 Å². The lowest BCUT2D eigenvalue weighted by Crippen LogP contribution is -2.49. The largest absolute Gasteiger partial charge is 0.379 e. The summed E-state index contributed by atoms with van der Waals surface area (Å²) in [6.07, 6.45) is 5.53. The lowest BCUT2D eigenvalue weighted by atomic mass is 10.1. The number of carbonyl (C=O) groups is 1. The van der Waals surface area contributed by atoms with E-state index in [4.69, 9.17) is 4.74 Å². The summed E-state index contributed by atoms with van der Waals surface area (Å²) in [5.74, 6) is 1.46. The van der Waals surface area contributed by atoms with Crippen LogP contribution < -0.4 is 10.6 Å². The maximum atomic E-state index is 12.7. The van der Waals surface area contributed by atoms with Gasteiger partial charge in [-0.05, 0) is 38.3 Å². The lowest BCUT2D eigenvalue weighted by molar-refractivity contribution is -0.134. The van der Waals surface area contributed by atoms with Gasteiger partial charge in [-0.1, -0.05) is 12.8 Å². The molecule has 1 aromatic heterocycles. The van der Waals surface area contributed by atoms with Gasteiger partial charge in [-0.2, -0.15) is 0 Å². The number of ether oxygens (including phenoxy) is 1. The molecule has 7 nitrogen and oxygen atoms in total. The van der Waals surface area contributed by atoms with Gasteiger partial charge in [0, 0.05) is 61.5 Å². The molecule has 0 radical (unpaired) electrons. The van der Waals surface area contributed by atoms with Crippen molar-refractivity contribution in [3.63, 3.8) is 0 Å². The van der Waals surface area contributed by atoms with E-state index >= 15 is 0 Å². The van der Waals surface area contributed by atoms with Crippen molar-refractivity contribution in [2.24, 2.45) is 10.9 Å². The highest BCUT2D eigenvalue weighted by Gasteiger charge is 2.32. The second-order valence-electron chi connectivity index (χ2n) is 8.96. The lowest BCUT2D eigenvalue weighted by Gasteiger charge is -2.34. The Morgan fingerprint density at radius 3 is 2.68 bits per heavy atom. The Kier molecular flexibility index (Phi) is 7.85. The fourth-order valence-corrected chi connectivity index (χ4v) is 6.03. The average Bonchev–Trinajstić information content (AvgIpc) is 3.56. The van der Waals surface area contributed by atoms with E-state index in [-0.39, 0.29) is 12.0 Å². The number of aliphatic imine (C=N–C) groups is 1. The van der Waals surface area contributed by atoms with Crippen LogP contribution in [0.3, 0.4) is 0 Å². The first-order chi connectivity index (χ1) is 15.1. The second-order valence-corrected chi connectivity index (χ2v) is 10.3. The van der Waals surface area contributed by atoms with Crippen LogP contribution in [0.25, 0.3) is 0 Å². The first kappa shape index (κ1) is 22.6. The van der Waals surface area contributed by atoms with Crippen LogP contribution in [0.15, 0.2) is 17.1 Å². The number of hydrogen-bond donors (Lipinski definition) is 2. The molecule has 2 N–H and O–H groups in total. The molecule has 0 bridgehead atoms. The average molecular weight is 448 g/mol. The van der Waals surface area contributed by atoms with Crippen LogP contribution in [-0.2, 0) is 9.53 Å². The highest BCUT2D eigenvalue weighted by molar-refractivity contribution is 7.12. The normalized spacial score (nSPS) is 24.5. The van der Waals surface area contributed by atoms with Crippen molar-refractivity contribution in [3.8, 4) is 0 Å². The van der Waals surface area contributed by atoms with Gasteiger partial charge in [-0.25, -0.2) is 0 Å². The number of amides is 1. The van der Waals surface area contributed by atoms with Crippen LogP contribution >= 0.6 is 11.3 Å². The number of rotatable bonds is 6. The van der Waals surface area contributed by atoms with E-state index in [0.29, 0.717) is 11.9 Å². The second kappa shape index (κ2) is 10.8. The number of morpholine rings is 1. The van der Waals surface area contributed by atoms with Gasteiger partial charge in [0.15, 0.2) is 5.96 Å². The standard InChI is InChI=1S/C23H37N5O2S/c1-17-7-8-21(31-17)20(27-11-13-30-14-12-27)15-25-23(24-2)26-19-9-10-28(16-19)22(29)18-5-3-4-6-18/h7-8,18-20H,3-6,9-16H2,1-2H3,(H2,24,25,26). The Morgan fingerprint density at radius 1 is 1.23 bits per heavy atom. The molecule has 0 aromatic carbocycles. The Balaban J connectivity index is 1.31. The fourth-order valence-electron chi connectivity index (χ4n) is 5.02. The fraction of sp³-hybridized carbons (Fsp3) is 0.739. The Labute approximate surface area is 190 Å². The summed E-state index contributed by atoms with van der Waals surface area (Å²) in [7, 11) is 1.82. The summed E-state index contributed by atoms with van der Waals surface area (Å²) in [6.45, 7) is 8.10. The predicted molar refractivity (Wildman–Crippen MR) is 126 cm³/mol. The van der Waals surface area contributed by atoms with Crippen LogP contribution in [0.4, 0.5) is 0 Å². The zero-order valence-corrected chi connectivity index (χ0v) is 19.8. The molecule has 2 atom stereocenters. The van der Waals surface area contributed by atoms with Crippen molar-refractivity contribution in [1.82, 2.24) is 20.4 Å². The quantitative estimate of drug-likeness (QED) is 0.518. The SMILES string of the molecule is CN=C(NCC(c1ccc(C)s1)N1CCOCC1)NC1CCN(C(=O)C2CCCC2)C1. The molecular formula is C23H37N5O2S. The first-order valence-electron chi connectivity index (χ1n) is 11.8. The summed E-state index contributed by atoms with van der Waals surface area (Å²) in [5, 5.41) is 7.12. The monoisotopic (exact) mass is 447 g/mol. The van der Waals surface area contributed by atoms with E-state index in [9.17, 15) is 4.79 Å². The third-order valence-electron chi connectivity index (χ3n) is 6.81. The van der Waals surface area contributed by atoms with E-state index in [1.165, 1.54) is 22.6 Å². The van der Waals surface area contributed by atoms with Crippen molar-refractivity contribution >= 4 is 23.2 Å². The van der Waals surface area contributed by atoms with Crippen molar-refractivity contribution in [1.29, 1.82) is 0 Å². The molecule has 2 saturated heterocycles. The van der Waals surface area contributed by atoms with Crippen molar-refractivity contribution in [2.45, 2.75) is 51.1 Å². The Bertz CT molecular complexity index is 755. The van der Waals surface area contributed by atoms with E-state index in [1.54, 1.807) is 0 Å². The van der Waals surface area contributed by atoms with Crippen LogP contribution in [0, 0.1) is 12.8 Å². The van der Waals surface area contributed by atoms with Gasteiger partial charge in [0.25, 0.3) is 0 Å². The number of aryl methyl sites for hydroxylation is 1. The number of carbonyl (C=O) groups excluding carboxylic acids is 1. The molecule has 3 heterocycles. The number of nitrogens with one attached hydrogen (secondary N) is 2. The van der Waals surface area contributed by atoms with E-state index in [2.05, 4.69) is 44.5 Å². The Morgan fingerprint density at radius 2 is 2.00 bits per heavy atom. The molecule has 1 aliphatic carbocycles. The van der Waals surface area contributed by atoms with Crippen molar-refractivity contribution in [3.05, 3.63) is 21.9 Å². The number of thiophene rings is 1. The minimum absolute atomic E-state index is 0.264. The number of nitrogens with zero attached hydrogens (tertiary/aromatic N) is 3. The van der Waals surface area contributed by atoms with Crippen LogP contribution in [0.5, 0.6) is 0 Å². The van der Waals surface area contributed by atoms with Crippen molar-refractivity contribution < 1.29 is 9.53 Å². The van der Waals surface area contributed by atoms with Crippen LogP contribution in [0.1, 0.15) is 47.9 Å². The topological polar surface area (TPSA) is 69.2 Å². The molecule has 1 saturated carbocycles. The van der Waals surface area contributed by atoms with Gasteiger partial charge in [-0.15, -0.1) is 11.3 Å². The molecule has 3 fully saturated rings. The van der Waals surface area contributed by atoms with Gasteiger partial charge >= 0.3 is 0 Å². The van der Waals surface area contributed by atoms with Crippen molar-refractivity contribution in [2.75, 3.05) is 53.0 Å². The van der Waals surface area contributed by atoms with Crippen LogP contribution in [-0.4, -0.2) is 80.7 Å². The molecule has 0 spiro atoms. The zero-order chi connectivity index (χ0) is 21.6. The molecule has 172 valence electrons. The maximum Gasteiger partial charge on any atom is 0.225 e. The molecule has 31 heavy (non-hydrogen) atoms. The zero-order valence-electron chi connectivity index (χ0n) is 18.9. The maximum absolute atomic E-state index is 12.7. The molecule has 1 aromatic rings. The first-order valence-corrected chi connectivity index (χ1v) is 12.6. The van der Waals surface area contributed by atoms with Gasteiger partial charge in [0.05, 0.1) is 19.3 Å². The van der Waals surface area contributed by atoms with Crippen LogP contribution in [0.2, 0.25) is 0 Å².